The Morgan fingerprint density at radius 2 is 2.05 bits per heavy atom. The van der Waals surface area contributed by atoms with E-state index in [2.05, 4.69) is 29.6 Å². The fourth-order valence-corrected chi connectivity index (χ4v) is 3.70. The molecule has 98 valence electrons. The van der Waals surface area contributed by atoms with Crippen LogP contribution in [-0.2, 0) is 0 Å². The highest BCUT2D eigenvalue weighted by molar-refractivity contribution is 7.99. The van der Waals surface area contributed by atoms with E-state index in [4.69, 9.17) is 11.6 Å². The highest BCUT2D eigenvalue weighted by Crippen LogP contribution is 2.39. The van der Waals surface area contributed by atoms with E-state index < -0.39 is 0 Å². The van der Waals surface area contributed by atoms with E-state index in [-0.39, 0.29) is 10.8 Å². The van der Waals surface area contributed by atoms with E-state index in [0.717, 1.165) is 12.3 Å². The first-order valence-electron chi connectivity index (χ1n) is 6.15. The number of nitrogens with one attached hydrogen (secondary N) is 1. The predicted octanol–water partition coefficient (Wildman–Crippen LogP) is 4.78. The zero-order valence-corrected chi connectivity index (χ0v) is 11.8. The summed E-state index contributed by atoms with van der Waals surface area (Å²) in [4.78, 5) is 1.33. The molecule has 0 fully saturated rings. The lowest BCUT2D eigenvalue weighted by molar-refractivity contribution is 0.629. The molecule has 0 radical (unpaired) electrons. The maximum absolute atomic E-state index is 13.8. The Morgan fingerprint density at radius 1 is 1.21 bits per heavy atom. The Morgan fingerprint density at radius 3 is 2.95 bits per heavy atom. The van der Waals surface area contributed by atoms with Crippen LogP contribution in [0.2, 0.25) is 5.02 Å². The molecule has 1 nitrogen and oxygen atoms in total. The molecule has 3 rings (SSSR count). The van der Waals surface area contributed by atoms with Gasteiger partial charge >= 0.3 is 0 Å². The van der Waals surface area contributed by atoms with Gasteiger partial charge in [-0.25, -0.2) is 4.39 Å². The maximum Gasteiger partial charge on any atom is 0.164 e. The molecule has 1 unspecified atom stereocenters. The fraction of sp³-hybridized carbons (Fsp3) is 0.200. The Balaban J connectivity index is 1.73. The summed E-state index contributed by atoms with van der Waals surface area (Å²) in [6, 6.07) is 13.4. The summed E-state index contributed by atoms with van der Waals surface area (Å²) >= 11 is 7.63. The molecule has 1 atom stereocenters. The third kappa shape index (κ3) is 2.58. The van der Waals surface area contributed by atoms with Crippen LogP contribution in [0.15, 0.2) is 47.4 Å². The van der Waals surface area contributed by atoms with Gasteiger partial charge in [0.2, 0.25) is 0 Å². The number of fused-ring (bicyclic) bond motifs is 1. The molecule has 1 aliphatic heterocycles. The highest BCUT2D eigenvalue weighted by Gasteiger charge is 2.22. The fourth-order valence-electron chi connectivity index (χ4n) is 2.27. The monoisotopic (exact) mass is 293 g/mol. The molecule has 0 saturated heterocycles. The van der Waals surface area contributed by atoms with Crippen molar-refractivity contribution < 1.29 is 4.39 Å². The number of hydrogen-bond donors (Lipinski definition) is 1. The van der Waals surface area contributed by atoms with Gasteiger partial charge in [-0.2, -0.15) is 0 Å². The number of halogens is 2. The average Bonchev–Trinajstić information content (AvgIpc) is 2.84. The standard InChI is InChI=1S/C15H13ClFNS/c16-12-5-3-6-13(15(12)17)18-8-10-9-19-14-7-2-1-4-11(10)14/h1-7,10,18H,8-9H2. The van der Waals surface area contributed by atoms with Crippen molar-refractivity contribution >= 4 is 29.1 Å². The highest BCUT2D eigenvalue weighted by atomic mass is 35.5. The lowest BCUT2D eigenvalue weighted by atomic mass is 10.0. The number of hydrogen-bond acceptors (Lipinski definition) is 2. The molecule has 0 aromatic heterocycles. The normalized spacial score (nSPS) is 17.3. The van der Waals surface area contributed by atoms with Crippen LogP contribution in [0.4, 0.5) is 10.1 Å². The zero-order valence-electron chi connectivity index (χ0n) is 10.2. The molecule has 19 heavy (non-hydrogen) atoms. The first kappa shape index (κ1) is 12.8. The third-order valence-corrected chi connectivity index (χ3v) is 4.83. The van der Waals surface area contributed by atoms with Gasteiger partial charge in [0, 0.05) is 23.1 Å². The van der Waals surface area contributed by atoms with E-state index in [9.17, 15) is 4.39 Å². The Bertz CT molecular complexity index is 602. The molecular formula is C15H13ClFNS. The maximum atomic E-state index is 13.8. The lowest BCUT2D eigenvalue weighted by Gasteiger charge is -2.14. The summed E-state index contributed by atoms with van der Waals surface area (Å²) in [7, 11) is 0. The van der Waals surface area contributed by atoms with Crippen molar-refractivity contribution in [1.29, 1.82) is 0 Å². The number of anilines is 1. The minimum absolute atomic E-state index is 0.159. The van der Waals surface area contributed by atoms with Crippen LogP contribution in [0, 0.1) is 5.82 Å². The second kappa shape index (κ2) is 5.43. The molecule has 0 saturated carbocycles. The molecule has 1 heterocycles. The summed E-state index contributed by atoms with van der Waals surface area (Å²) in [5, 5.41) is 3.32. The lowest BCUT2D eigenvalue weighted by Crippen LogP contribution is -2.13. The van der Waals surface area contributed by atoms with Gasteiger partial charge < -0.3 is 5.32 Å². The molecule has 0 amide bonds. The third-order valence-electron chi connectivity index (χ3n) is 3.29. The largest absolute Gasteiger partial charge is 0.382 e. The summed E-state index contributed by atoms with van der Waals surface area (Å²) < 4.78 is 13.8. The summed E-state index contributed by atoms with van der Waals surface area (Å²) in [5.41, 5.74) is 1.82. The van der Waals surface area contributed by atoms with Crippen molar-refractivity contribution in [1.82, 2.24) is 0 Å². The van der Waals surface area contributed by atoms with Crippen LogP contribution in [0.1, 0.15) is 11.5 Å². The minimum atomic E-state index is -0.372. The first-order chi connectivity index (χ1) is 9.25. The Hall–Kier alpha value is -1.19. The van der Waals surface area contributed by atoms with Gasteiger partial charge in [0.1, 0.15) is 0 Å². The molecule has 0 aliphatic carbocycles. The van der Waals surface area contributed by atoms with Gasteiger partial charge in [0.25, 0.3) is 0 Å². The molecule has 2 aromatic carbocycles. The van der Waals surface area contributed by atoms with Gasteiger partial charge in [0.15, 0.2) is 5.82 Å². The second-order valence-corrected chi connectivity index (χ2v) is 6.00. The minimum Gasteiger partial charge on any atom is -0.382 e. The van der Waals surface area contributed by atoms with Crippen LogP contribution in [-0.4, -0.2) is 12.3 Å². The number of benzene rings is 2. The number of rotatable bonds is 3. The van der Waals surface area contributed by atoms with E-state index in [1.54, 1.807) is 18.2 Å². The quantitative estimate of drug-likeness (QED) is 0.874. The average molecular weight is 294 g/mol. The Labute approximate surface area is 121 Å². The van der Waals surface area contributed by atoms with E-state index in [1.165, 1.54) is 10.5 Å². The molecule has 4 heteroatoms. The van der Waals surface area contributed by atoms with Gasteiger partial charge in [-0.15, -0.1) is 11.8 Å². The molecule has 2 aromatic rings. The molecular weight excluding hydrogens is 281 g/mol. The van der Waals surface area contributed by atoms with Gasteiger partial charge in [-0.3, -0.25) is 0 Å². The van der Waals surface area contributed by atoms with Crippen molar-refractivity contribution in [3.05, 3.63) is 58.9 Å². The summed E-state index contributed by atoms with van der Waals surface area (Å²) in [6.45, 7) is 0.723. The topological polar surface area (TPSA) is 12.0 Å². The predicted molar refractivity (Wildman–Crippen MR) is 79.8 cm³/mol. The molecule has 0 bridgehead atoms. The molecule has 0 spiro atoms. The van der Waals surface area contributed by atoms with E-state index in [0.29, 0.717) is 11.6 Å². The van der Waals surface area contributed by atoms with Crippen LogP contribution < -0.4 is 5.32 Å². The second-order valence-electron chi connectivity index (χ2n) is 4.53. The first-order valence-corrected chi connectivity index (χ1v) is 7.51. The van der Waals surface area contributed by atoms with Gasteiger partial charge in [0.05, 0.1) is 10.7 Å². The van der Waals surface area contributed by atoms with Crippen molar-refractivity contribution in [3.8, 4) is 0 Å². The SMILES string of the molecule is Fc1c(Cl)cccc1NCC1CSc2ccccc21. The van der Waals surface area contributed by atoms with Gasteiger partial charge in [-0.1, -0.05) is 35.9 Å². The van der Waals surface area contributed by atoms with Crippen LogP contribution in [0.5, 0.6) is 0 Å². The van der Waals surface area contributed by atoms with Crippen LogP contribution >= 0.6 is 23.4 Å². The summed E-state index contributed by atoms with van der Waals surface area (Å²) in [5.74, 6) is 1.08. The summed E-state index contributed by atoms with van der Waals surface area (Å²) in [6.07, 6.45) is 0. The van der Waals surface area contributed by atoms with E-state index in [1.807, 2.05) is 11.8 Å². The molecule has 1 aliphatic rings. The zero-order chi connectivity index (χ0) is 13.2. The van der Waals surface area contributed by atoms with Crippen LogP contribution in [0.3, 0.4) is 0 Å². The smallest absolute Gasteiger partial charge is 0.164 e. The number of thioether (sulfide) groups is 1. The van der Waals surface area contributed by atoms with Crippen molar-refractivity contribution in [2.75, 3.05) is 17.6 Å². The van der Waals surface area contributed by atoms with Crippen molar-refractivity contribution in [3.63, 3.8) is 0 Å². The van der Waals surface area contributed by atoms with Crippen molar-refractivity contribution in [2.24, 2.45) is 0 Å². The molecule has 1 N–H and O–H groups in total. The van der Waals surface area contributed by atoms with Crippen molar-refractivity contribution in [2.45, 2.75) is 10.8 Å². The Kier molecular flexibility index (Phi) is 3.67. The van der Waals surface area contributed by atoms with Gasteiger partial charge in [-0.05, 0) is 23.8 Å². The van der Waals surface area contributed by atoms with Crippen LogP contribution in [0.25, 0.3) is 0 Å². The van der Waals surface area contributed by atoms with E-state index >= 15 is 0 Å².